The van der Waals surface area contributed by atoms with Crippen LogP contribution in [0.15, 0.2) is 0 Å². The summed E-state index contributed by atoms with van der Waals surface area (Å²) in [6, 6.07) is 0. The fraction of sp³-hybridized carbons (Fsp3) is 1.00. The second-order valence-electron chi connectivity index (χ2n) is 12.3. The molecule has 152 valence electrons. The van der Waals surface area contributed by atoms with Gasteiger partial charge in [-0.1, -0.05) is 51.4 Å². The van der Waals surface area contributed by atoms with E-state index in [1.54, 1.807) is 109 Å². The highest BCUT2D eigenvalue weighted by molar-refractivity contribution is 4.99. The highest BCUT2D eigenvalue weighted by Crippen LogP contribution is 2.58. The van der Waals surface area contributed by atoms with Gasteiger partial charge in [0.05, 0.1) is 0 Å². The van der Waals surface area contributed by atoms with E-state index in [2.05, 4.69) is 0 Å². The van der Waals surface area contributed by atoms with Crippen molar-refractivity contribution in [3.8, 4) is 0 Å². The maximum Gasteiger partial charge on any atom is -0.0354 e. The lowest BCUT2D eigenvalue weighted by Gasteiger charge is -2.45. The van der Waals surface area contributed by atoms with E-state index in [1.807, 2.05) is 0 Å². The molecule has 10 atom stereocenters. The summed E-state index contributed by atoms with van der Waals surface area (Å²) < 4.78 is 0. The quantitative estimate of drug-likeness (QED) is 0.465. The lowest BCUT2D eigenvalue weighted by molar-refractivity contribution is 0.0533. The molecule has 6 rings (SSSR count). The van der Waals surface area contributed by atoms with Crippen LogP contribution in [0.2, 0.25) is 0 Å². The predicted molar refractivity (Wildman–Crippen MR) is 113 cm³/mol. The molecule has 0 spiro atoms. The van der Waals surface area contributed by atoms with E-state index in [9.17, 15) is 0 Å². The lowest BCUT2D eigenvalue weighted by Crippen LogP contribution is -2.35. The van der Waals surface area contributed by atoms with Crippen LogP contribution in [-0.2, 0) is 0 Å². The monoisotopic (exact) mass is 368 g/mol. The van der Waals surface area contributed by atoms with Crippen LogP contribution in [0.5, 0.6) is 0 Å². The molecule has 0 amide bonds. The highest BCUT2D eigenvalue weighted by Gasteiger charge is 2.48. The Balaban J connectivity index is 1.11. The molecule has 0 aromatic heterocycles. The molecule has 0 heteroatoms. The van der Waals surface area contributed by atoms with Crippen LogP contribution in [0.4, 0.5) is 0 Å². The summed E-state index contributed by atoms with van der Waals surface area (Å²) >= 11 is 0. The lowest BCUT2D eigenvalue weighted by atomic mass is 9.61. The van der Waals surface area contributed by atoms with Crippen LogP contribution >= 0.6 is 0 Å². The summed E-state index contributed by atoms with van der Waals surface area (Å²) in [5, 5.41) is 0. The molecule has 0 aliphatic heterocycles. The van der Waals surface area contributed by atoms with Gasteiger partial charge in [0, 0.05) is 0 Å². The van der Waals surface area contributed by atoms with Gasteiger partial charge >= 0.3 is 0 Å². The summed E-state index contributed by atoms with van der Waals surface area (Å²) in [5.74, 6) is 11.5. The topological polar surface area (TPSA) is 0 Å². The van der Waals surface area contributed by atoms with Crippen molar-refractivity contribution in [2.24, 2.45) is 59.2 Å². The third kappa shape index (κ3) is 3.24. The van der Waals surface area contributed by atoms with Crippen molar-refractivity contribution in [1.29, 1.82) is 0 Å². The number of hydrogen-bond acceptors (Lipinski definition) is 0. The van der Waals surface area contributed by atoms with Crippen LogP contribution in [0, 0.1) is 59.2 Å². The Morgan fingerprint density at radius 1 is 0.370 bits per heavy atom. The molecule has 10 unspecified atom stereocenters. The first-order valence-corrected chi connectivity index (χ1v) is 13.3. The van der Waals surface area contributed by atoms with Crippen molar-refractivity contribution in [2.75, 3.05) is 0 Å². The molecule has 6 saturated carbocycles. The summed E-state index contributed by atoms with van der Waals surface area (Å²) in [6.45, 7) is 0. The SMILES string of the molecule is C1CCC2CC3C(CCC3CC3CCC4CC5CCCCC5CC43)CC2C1. The zero-order valence-electron chi connectivity index (χ0n) is 17.8. The average Bonchev–Trinajstić information content (AvgIpc) is 3.28. The van der Waals surface area contributed by atoms with Crippen LogP contribution in [-0.4, -0.2) is 0 Å². The molecule has 6 fully saturated rings. The Morgan fingerprint density at radius 2 is 0.778 bits per heavy atom. The Labute approximate surface area is 168 Å². The minimum Gasteiger partial charge on any atom is -0.0530 e. The molecule has 0 aromatic rings. The zero-order valence-corrected chi connectivity index (χ0v) is 17.8. The van der Waals surface area contributed by atoms with Crippen LogP contribution in [0.25, 0.3) is 0 Å². The summed E-state index contributed by atoms with van der Waals surface area (Å²) in [7, 11) is 0. The Morgan fingerprint density at radius 3 is 1.22 bits per heavy atom. The maximum absolute atomic E-state index is 1.66. The molecular weight excluding hydrogens is 324 g/mol. The van der Waals surface area contributed by atoms with Gasteiger partial charge in [-0.05, 0) is 117 Å². The van der Waals surface area contributed by atoms with Gasteiger partial charge in [-0.25, -0.2) is 0 Å². The van der Waals surface area contributed by atoms with Crippen LogP contribution in [0.3, 0.4) is 0 Å². The summed E-state index contributed by atoms with van der Waals surface area (Å²) in [5.41, 5.74) is 0. The first-order chi connectivity index (χ1) is 13.3. The molecule has 27 heavy (non-hydrogen) atoms. The van der Waals surface area contributed by atoms with E-state index < -0.39 is 0 Å². The van der Waals surface area contributed by atoms with E-state index in [4.69, 9.17) is 0 Å². The van der Waals surface area contributed by atoms with Crippen LogP contribution < -0.4 is 0 Å². The van der Waals surface area contributed by atoms with Gasteiger partial charge in [0.2, 0.25) is 0 Å². The molecule has 0 N–H and O–H groups in total. The van der Waals surface area contributed by atoms with Crippen molar-refractivity contribution < 1.29 is 0 Å². The zero-order chi connectivity index (χ0) is 17.8. The molecular formula is C27H44. The van der Waals surface area contributed by atoms with Gasteiger partial charge in [0.15, 0.2) is 0 Å². The van der Waals surface area contributed by atoms with Gasteiger partial charge in [-0.15, -0.1) is 0 Å². The fourth-order valence-electron chi connectivity index (χ4n) is 10.1. The van der Waals surface area contributed by atoms with Crippen molar-refractivity contribution in [3.05, 3.63) is 0 Å². The molecule has 0 heterocycles. The predicted octanol–water partition coefficient (Wildman–Crippen LogP) is 7.86. The van der Waals surface area contributed by atoms with Gasteiger partial charge in [-0.3, -0.25) is 0 Å². The van der Waals surface area contributed by atoms with Crippen molar-refractivity contribution in [2.45, 2.75) is 109 Å². The van der Waals surface area contributed by atoms with E-state index in [0.29, 0.717) is 0 Å². The van der Waals surface area contributed by atoms with Crippen LogP contribution in [0.1, 0.15) is 109 Å². The molecule has 0 nitrogen and oxygen atoms in total. The van der Waals surface area contributed by atoms with Crippen molar-refractivity contribution >= 4 is 0 Å². The second-order valence-corrected chi connectivity index (χ2v) is 12.3. The fourth-order valence-corrected chi connectivity index (χ4v) is 10.1. The molecule has 6 aliphatic rings. The normalized spacial score (nSPS) is 54.7. The van der Waals surface area contributed by atoms with Gasteiger partial charge in [0.1, 0.15) is 0 Å². The van der Waals surface area contributed by atoms with Gasteiger partial charge in [0.25, 0.3) is 0 Å². The van der Waals surface area contributed by atoms with E-state index in [-0.39, 0.29) is 0 Å². The first-order valence-electron chi connectivity index (χ1n) is 13.3. The number of fused-ring (bicyclic) bond motifs is 4. The molecule has 6 aliphatic carbocycles. The first kappa shape index (κ1) is 17.8. The van der Waals surface area contributed by atoms with E-state index in [1.165, 1.54) is 0 Å². The Kier molecular flexibility index (Phi) is 4.86. The third-order valence-electron chi connectivity index (χ3n) is 11.3. The van der Waals surface area contributed by atoms with E-state index in [0.717, 1.165) is 59.2 Å². The average molecular weight is 369 g/mol. The smallest absolute Gasteiger partial charge is 0.0354 e. The molecule has 0 aromatic carbocycles. The summed E-state index contributed by atoms with van der Waals surface area (Å²) in [4.78, 5) is 0. The van der Waals surface area contributed by atoms with Gasteiger partial charge in [-0.2, -0.15) is 0 Å². The largest absolute Gasteiger partial charge is 0.0530 e. The second kappa shape index (κ2) is 7.36. The summed E-state index contributed by atoms with van der Waals surface area (Å²) in [6.07, 6.45) is 27.3. The Bertz CT molecular complexity index is 476. The minimum absolute atomic E-state index is 1.14. The number of rotatable bonds is 2. The van der Waals surface area contributed by atoms with E-state index >= 15 is 0 Å². The maximum atomic E-state index is 1.66. The Hall–Kier alpha value is 0. The third-order valence-corrected chi connectivity index (χ3v) is 11.3. The van der Waals surface area contributed by atoms with Gasteiger partial charge < -0.3 is 0 Å². The molecule has 0 radical (unpaired) electrons. The number of hydrogen-bond donors (Lipinski definition) is 0. The standard InChI is InChI=1S/C27H44/c1-3-7-20-16-26-22(13-18(20)5-1)9-11-24(26)15-25-12-10-23-14-19-6-2-4-8-21(19)17-27(23)25/h18-27H,1-17H2. The van der Waals surface area contributed by atoms with Crippen molar-refractivity contribution in [3.63, 3.8) is 0 Å². The molecule has 0 bridgehead atoms. The van der Waals surface area contributed by atoms with Crippen molar-refractivity contribution in [1.82, 2.24) is 0 Å². The highest BCUT2D eigenvalue weighted by atomic mass is 14.5. The minimum atomic E-state index is 1.14. The molecule has 0 saturated heterocycles.